The molecule has 0 atom stereocenters. The summed E-state index contributed by atoms with van der Waals surface area (Å²) in [6, 6.07) is 7.60. The third-order valence-corrected chi connectivity index (χ3v) is 9.29. The van der Waals surface area contributed by atoms with Crippen LogP contribution in [0.1, 0.15) is 179 Å². The molecular formula is C46H74O7. The summed E-state index contributed by atoms with van der Waals surface area (Å²) in [6.07, 6.45) is 25.2. The van der Waals surface area contributed by atoms with E-state index < -0.39 is 0 Å². The second-order valence-corrected chi connectivity index (χ2v) is 14.1. The summed E-state index contributed by atoms with van der Waals surface area (Å²) in [5.41, 5.74) is 1.12. The van der Waals surface area contributed by atoms with Crippen LogP contribution in [0.4, 0.5) is 0 Å². The van der Waals surface area contributed by atoms with Gasteiger partial charge in [-0.05, 0) is 62.5 Å². The zero-order valence-corrected chi connectivity index (χ0v) is 34.5. The van der Waals surface area contributed by atoms with Crippen LogP contribution in [-0.2, 0) is 0 Å². The summed E-state index contributed by atoms with van der Waals surface area (Å²) in [7, 11) is 1.64. The quantitative estimate of drug-likeness (QED) is 0.0402. The number of carbonyl (C=O) groups is 1. The Labute approximate surface area is 323 Å². The highest BCUT2D eigenvalue weighted by Crippen LogP contribution is 2.40. The van der Waals surface area contributed by atoms with Crippen molar-refractivity contribution in [2.75, 3.05) is 40.1 Å². The average Bonchev–Trinajstić information content (AvgIpc) is 3.17. The largest absolute Gasteiger partial charge is 0.493 e. The number of hydrogen-bond donors (Lipinski definition) is 0. The fourth-order valence-corrected chi connectivity index (χ4v) is 6.06. The van der Waals surface area contributed by atoms with Gasteiger partial charge in [-0.1, -0.05) is 131 Å². The maximum Gasteiger partial charge on any atom is 0.193 e. The molecule has 0 heterocycles. The minimum absolute atomic E-state index is 0.215. The maximum absolute atomic E-state index is 14.4. The predicted octanol–water partition coefficient (Wildman–Crippen LogP) is 13.4. The molecule has 0 aromatic heterocycles. The van der Waals surface area contributed by atoms with Crippen molar-refractivity contribution in [1.82, 2.24) is 0 Å². The molecule has 0 fully saturated rings. The number of rotatable bonds is 34. The third-order valence-electron chi connectivity index (χ3n) is 9.29. The van der Waals surface area contributed by atoms with Gasteiger partial charge in [0.1, 0.15) is 17.1 Å². The van der Waals surface area contributed by atoms with Gasteiger partial charge >= 0.3 is 0 Å². The monoisotopic (exact) mass is 739 g/mol. The third kappa shape index (κ3) is 18.5. The fraction of sp³-hybridized carbons (Fsp3) is 0.674. The smallest absolute Gasteiger partial charge is 0.193 e. The van der Waals surface area contributed by atoms with Crippen LogP contribution in [0.5, 0.6) is 34.5 Å². The van der Waals surface area contributed by atoms with E-state index in [4.69, 9.17) is 28.4 Å². The molecule has 0 N–H and O–H groups in total. The summed E-state index contributed by atoms with van der Waals surface area (Å²) >= 11 is 0. The van der Waals surface area contributed by atoms with Gasteiger partial charge in [-0.25, -0.2) is 0 Å². The lowest BCUT2D eigenvalue weighted by Crippen LogP contribution is -2.10. The van der Waals surface area contributed by atoms with E-state index in [-0.39, 0.29) is 5.78 Å². The summed E-state index contributed by atoms with van der Waals surface area (Å²) < 4.78 is 37.5. The van der Waals surface area contributed by atoms with Crippen molar-refractivity contribution >= 4 is 11.9 Å². The molecular weight excluding hydrogens is 664 g/mol. The van der Waals surface area contributed by atoms with E-state index in [0.29, 0.717) is 73.1 Å². The minimum atomic E-state index is -0.215. The van der Waals surface area contributed by atoms with Gasteiger partial charge < -0.3 is 28.4 Å². The van der Waals surface area contributed by atoms with E-state index >= 15 is 0 Å². The van der Waals surface area contributed by atoms with Crippen LogP contribution < -0.4 is 28.4 Å². The van der Waals surface area contributed by atoms with Crippen LogP contribution in [0.3, 0.4) is 0 Å². The highest BCUT2D eigenvalue weighted by atomic mass is 16.5. The van der Waals surface area contributed by atoms with Crippen molar-refractivity contribution in [3.8, 4) is 34.5 Å². The Morgan fingerprint density at radius 1 is 0.491 bits per heavy atom. The molecule has 7 heteroatoms. The number of hydrogen-bond acceptors (Lipinski definition) is 7. The zero-order valence-electron chi connectivity index (χ0n) is 34.5. The first-order valence-electron chi connectivity index (χ1n) is 21.3. The van der Waals surface area contributed by atoms with Gasteiger partial charge in [-0.15, -0.1) is 0 Å². The lowest BCUT2D eigenvalue weighted by Gasteiger charge is -2.19. The van der Waals surface area contributed by atoms with Gasteiger partial charge in [-0.2, -0.15) is 0 Å². The Morgan fingerprint density at radius 2 is 0.925 bits per heavy atom. The van der Waals surface area contributed by atoms with Crippen LogP contribution in [0, 0.1) is 0 Å². The Balaban J connectivity index is 2.55. The lowest BCUT2D eigenvalue weighted by atomic mass is 10.0. The molecule has 0 radical (unpaired) electrons. The van der Waals surface area contributed by atoms with Crippen LogP contribution in [0.2, 0.25) is 0 Å². The van der Waals surface area contributed by atoms with Crippen LogP contribution >= 0.6 is 0 Å². The van der Waals surface area contributed by atoms with E-state index in [2.05, 4.69) is 34.6 Å². The van der Waals surface area contributed by atoms with Gasteiger partial charge in [0.15, 0.2) is 28.8 Å². The predicted molar refractivity (Wildman–Crippen MR) is 221 cm³/mol. The van der Waals surface area contributed by atoms with Crippen molar-refractivity contribution in [1.29, 1.82) is 0 Å². The highest BCUT2D eigenvalue weighted by Gasteiger charge is 2.23. The molecule has 300 valence electrons. The highest BCUT2D eigenvalue weighted by molar-refractivity contribution is 6.11. The van der Waals surface area contributed by atoms with Crippen molar-refractivity contribution < 1.29 is 33.2 Å². The number of methoxy groups -OCH3 is 1. The standard InChI is InChI=1S/C46H74O7/c1-7-12-17-22-31-49-39-36-38(45(43(37-39)48-6)52-34-25-20-15-10-4)27-28-40(47)44-41(50-32-23-18-13-8-2)29-30-42(51-33-24-19-14-9-3)46(44)53-35-26-21-16-11-5/h27-30,36-37H,7-26,31-35H2,1-6H3/b28-27-. The molecule has 53 heavy (non-hydrogen) atoms. The number of allylic oxidation sites excluding steroid dienone is 1. The lowest BCUT2D eigenvalue weighted by molar-refractivity contribution is 0.103. The van der Waals surface area contributed by atoms with Crippen molar-refractivity contribution in [3.05, 3.63) is 41.5 Å². The van der Waals surface area contributed by atoms with Crippen LogP contribution in [0.15, 0.2) is 30.3 Å². The molecule has 0 aliphatic heterocycles. The first kappa shape index (κ1) is 45.8. The second-order valence-electron chi connectivity index (χ2n) is 14.1. The van der Waals surface area contributed by atoms with E-state index in [1.54, 1.807) is 13.2 Å². The Kier molecular flexibility index (Phi) is 26.0. The van der Waals surface area contributed by atoms with Gasteiger partial charge in [0.25, 0.3) is 0 Å². The summed E-state index contributed by atoms with van der Waals surface area (Å²) in [5, 5.41) is 0. The summed E-state index contributed by atoms with van der Waals surface area (Å²) in [5.74, 6) is 3.24. The van der Waals surface area contributed by atoms with E-state index in [1.165, 1.54) is 25.7 Å². The molecule has 2 aromatic carbocycles. The molecule has 0 amide bonds. The van der Waals surface area contributed by atoms with Crippen LogP contribution in [0.25, 0.3) is 6.08 Å². The minimum Gasteiger partial charge on any atom is -0.493 e. The van der Waals surface area contributed by atoms with Crippen molar-refractivity contribution in [2.24, 2.45) is 0 Å². The molecule has 0 bridgehead atoms. The van der Waals surface area contributed by atoms with Crippen molar-refractivity contribution in [3.63, 3.8) is 0 Å². The van der Waals surface area contributed by atoms with Gasteiger partial charge in [0, 0.05) is 11.6 Å². The first-order chi connectivity index (χ1) is 26.0. The maximum atomic E-state index is 14.4. The molecule has 2 rings (SSSR count). The average molecular weight is 739 g/mol. The van der Waals surface area contributed by atoms with E-state index in [9.17, 15) is 4.79 Å². The van der Waals surface area contributed by atoms with Gasteiger partial charge in [-0.3, -0.25) is 4.79 Å². The van der Waals surface area contributed by atoms with Gasteiger partial charge in [0.2, 0.25) is 0 Å². The number of ether oxygens (including phenoxy) is 6. The first-order valence-corrected chi connectivity index (χ1v) is 21.3. The Hall–Kier alpha value is -3.35. The second kappa shape index (κ2) is 30.0. The molecule has 2 aromatic rings. The molecule has 0 aliphatic carbocycles. The topological polar surface area (TPSA) is 72.5 Å². The zero-order chi connectivity index (χ0) is 38.4. The fourth-order valence-electron chi connectivity index (χ4n) is 6.06. The number of benzene rings is 2. The molecule has 0 unspecified atom stereocenters. The van der Waals surface area contributed by atoms with Crippen molar-refractivity contribution in [2.45, 2.75) is 163 Å². The number of ketones is 1. The summed E-state index contributed by atoms with van der Waals surface area (Å²) in [6.45, 7) is 13.8. The normalized spacial score (nSPS) is 11.2. The Morgan fingerprint density at radius 3 is 1.42 bits per heavy atom. The number of unbranched alkanes of at least 4 members (excludes halogenated alkanes) is 15. The van der Waals surface area contributed by atoms with Gasteiger partial charge in [0.05, 0.1) is 40.1 Å². The molecule has 0 saturated heterocycles. The molecule has 0 aliphatic rings. The molecule has 0 spiro atoms. The molecule has 7 nitrogen and oxygen atoms in total. The molecule has 0 saturated carbocycles. The Bertz CT molecular complexity index is 1270. The van der Waals surface area contributed by atoms with E-state index in [0.717, 1.165) is 108 Å². The SMILES string of the molecule is CCCCCCOc1cc(/C=C\C(=O)c2c(OCCCCCC)ccc(OCCCCCC)c2OCCCCCC)c(OCCCCCC)c(OC)c1. The number of carbonyl (C=O) groups excluding carboxylic acids is 1. The van der Waals surface area contributed by atoms with E-state index in [1.807, 2.05) is 30.3 Å². The van der Waals surface area contributed by atoms with Crippen LogP contribution in [-0.4, -0.2) is 45.9 Å². The summed E-state index contributed by atoms with van der Waals surface area (Å²) in [4.78, 5) is 14.4.